The molecule has 7 nitrogen and oxygen atoms in total. The standard InChI is InChI=1S/C24H30FN3O4Si/c1-30-24(29)23-21(9-11-27-32-17-31-13-14-33(2,3)4)20-10-12-28(22(20)15-26-23)16-18-5-7-19(25)8-6-18/h5-8,10-12,15H,9,13-14,16-17H2,1-4H3. The number of nitrogens with zero attached hydrogens (tertiary/aromatic N) is 3. The van der Waals surface area contributed by atoms with Crippen LogP contribution in [0.25, 0.3) is 10.9 Å². The minimum atomic E-state index is -1.14. The lowest BCUT2D eigenvalue weighted by Crippen LogP contribution is -2.21. The predicted molar refractivity (Wildman–Crippen MR) is 129 cm³/mol. The van der Waals surface area contributed by atoms with Gasteiger partial charge in [-0.05, 0) is 29.8 Å². The molecule has 1 aromatic carbocycles. The van der Waals surface area contributed by atoms with Crippen molar-refractivity contribution in [2.24, 2.45) is 5.16 Å². The molecular formula is C24H30FN3O4Si. The molecule has 0 bridgehead atoms. The van der Waals surface area contributed by atoms with Crippen molar-refractivity contribution in [3.8, 4) is 0 Å². The maximum atomic E-state index is 13.2. The quantitative estimate of drug-likeness (QED) is 0.0996. The third-order valence-corrected chi connectivity index (χ3v) is 6.86. The van der Waals surface area contributed by atoms with Gasteiger partial charge in [0.2, 0.25) is 6.79 Å². The molecule has 0 saturated heterocycles. The van der Waals surface area contributed by atoms with Crippen LogP contribution in [0.1, 0.15) is 21.6 Å². The Kier molecular flexibility index (Phi) is 8.35. The van der Waals surface area contributed by atoms with E-state index in [1.54, 1.807) is 24.5 Å². The Balaban J connectivity index is 1.72. The molecule has 3 aromatic rings. The highest BCUT2D eigenvalue weighted by Crippen LogP contribution is 2.24. The number of carbonyl (C=O) groups excluding carboxylic acids is 1. The molecule has 0 aliphatic heterocycles. The molecule has 2 aromatic heterocycles. The van der Waals surface area contributed by atoms with Gasteiger partial charge in [-0.25, -0.2) is 14.2 Å². The number of oxime groups is 1. The Morgan fingerprint density at radius 3 is 2.67 bits per heavy atom. The van der Waals surface area contributed by atoms with Crippen molar-refractivity contribution in [3.05, 3.63) is 65.4 Å². The number of carbonyl (C=O) groups is 1. The van der Waals surface area contributed by atoms with Gasteiger partial charge in [0.15, 0.2) is 5.69 Å². The summed E-state index contributed by atoms with van der Waals surface area (Å²) in [4.78, 5) is 21.8. The maximum Gasteiger partial charge on any atom is 0.356 e. The van der Waals surface area contributed by atoms with Gasteiger partial charge in [-0.15, -0.1) is 0 Å². The molecular weight excluding hydrogens is 441 g/mol. The van der Waals surface area contributed by atoms with Gasteiger partial charge in [0.05, 0.1) is 18.8 Å². The van der Waals surface area contributed by atoms with Crippen molar-refractivity contribution in [2.45, 2.75) is 38.7 Å². The molecule has 0 atom stereocenters. The summed E-state index contributed by atoms with van der Waals surface area (Å²) in [5, 5.41) is 4.82. The summed E-state index contributed by atoms with van der Waals surface area (Å²) in [7, 11) is 0.189. The lowest BCUT2D eigenvalue weighted by molar-refractivity contribution is -0.0473. The number of benzene rings is 1. The van der Waals surface area contributed by atoms with Crippen LogP contribution in [0.4, 0.5) is 4.39 Å². The Bertz CT molecular complexity index is 1110. The topological polar surface area (TPSA) is 74.9 Å². The fourth-order valence-electron chi connectivity index (χ4n) is 3.30. The lowest BCUT2D eigenvalue weighted by atomic mass is 10.1. The van der Waals surface area contributed by atoms with Gasteiger partial charge >= 0.3 is 5.97 Å². The van der Waals surface area contributed by atoms with Gasteiger partial charge in [-0.2, -0.15) is 0 Å². The van der Waals surface area contributed by atoms with Crippen LogP contribution in [0.2, 0.25) is 25.7 Å². The van der Waals surface area contributed by atoms with Gasteiger partial charge in [0.25, 0.3) is 0 Å². The van der Waals surface area contributed by atoms with Crippen LogP contribution >= 0.6 is 0 Å². The van der Waals surface area contributed by atoms with Crippen molar-refractivity contribution in [3.63, 3.8) is 0 Å². The second-order valence-electron chi connectivity index (χ2n) is 8.90. The predicted octanol–water partition coefficient (Wildman–Crippen LogP) is 4.87. The molecule has 0 aliphatic carbocycles. The molecule has 3 rings (SSSR count). The highest BCUT2D eigenvalue weighted by Gasteiger charge is 2.18. The first-order valence-corrected chi connectivity index (χ1v) is 14.5. The van der Waals surface area contributed by atoms with Crippen LogP contribution in [-0.4, -0.2) is 50.3 Å². The summed E-state index contributed by atoms with van der Waals surface area (Å²) in [6.07, 6.45) is 5.49. The summed E-state index contributed by atoms with van der Waals surface area (Å²) in [6, 6.07) is 9.35. The summed E-state index contributed by atoms with van der Waals surface area (Å²) in [6.45, 7) is 8.15. The van der Waals surface area contributed by atoms with Gasteiger partial charge in [0, 0.05) is 51.0 Å². The Morgan fingerprint density at radius 2 is 1.97 bits per heavy atom. The number of ether oxygens (including phenoxy) is 2. The number of fused-ring (bicyclic) bond motifs is 1. The normalized spacial score (nSPS) is 11.9. The summed E-state index contributed by atoms with van der Waals surface area (Å²) >= 11 is 0. The summed E-state index contributed by atoms with van der Waals surface area (Å²) in [5.74, 6) is -0.784. The summed E-state index contributed by atoms with van der Waals surface area (Å²) < 4.78 is 25.6. The molecule has 0 N–H and O–H groups in total. The van der Waals surface area contributed by atoms with E-state index in [4.69, 9.17) is 14.3 Å². The molecule has 0 saturated carbocycles. The molecule has 0 aliphatic rings. The zero-order chi connectivity index (χ0) is 23.8. The van der Waals surface area contributed by atoms with Crippen LogP contribution < -0.4 is 0 Å². The molecule has 0 spiro atoms. The van der Waals surface area contributed by atoms with E-state index in [-0.39, 0.29) is 18.3 Å². The molecule has 33 heavy (non-hydrogen) atoms. The first kappa shape index (κ1) is 24.6. The highest BCUT2D eigenvalue weighted by atomic mass is 28.3. The fraction of sp³-hybridized carbons (Fsp3) is 0.375. The number of methoxy groups -OCH3 is 1. The Hall–Kier alpha value is -3.04. The molecule has 0 amide bonds. The maximum absolute atomic E-state index is 13.2. The van der Waals surface area contributed by atoms with Crippen LogP contribution in [0, 0.1) is 5.82 Å². The van der Waals surface area contributed by atoms with Crippen molar-refractivity contribution >= 4 is 31.2 Å². The van der Waals surface area contributed by atoms with E-state index in [1.165, 1.54) is 19.2 Å². The number of hydrogen-bond acceptors (Lipinski definition) is 6. The van der Waals surface area contributed by atoms with E-state index < -0.39 is 14.0 Å². The second-order valence-corrected chi connectivity index (χ2v) is 14.5. The van der Waals surface area contributed by atoms with Crippen LogP contribution in [0.15, 0.2) is 47.9 Å². The van der Waals surface area contributed by atoms with Crippen molar-refractivity contribution < 1.29 is 23.5 Å². The second kappa shape index (κ2) is 11.2. The average Bonchev–Trinajstić information content (AvgIpc) is 3.18. The monoisotopic (exact) mass is 471 g/mol. The third-order valence-electron chi connectivity index (χ3n) is 5.16. The van der Waals surface area contributed by atoms with E-state index in [0.717, 1.165) is 22.5 Å². The number of esters is 1. The van der Waals surface area contributed by atoms with Crippen LogP contribution in [-0.2, 0) is 27.3 Å². The third kappa shape index (κ3) is 6.97. The fourth-order valence-corrected chi connectivity index (χ4v) is 4.06. The SMILES string of the molecule is COC(=O)c1ncc2c(ccn2Cc2ccc(F)cc2)c1CC=NOCOCC[Si](C)(C)C. The molecule has 0 unspecified atom stereocenters. The molecule has 0 radical (unpaired) electrons. The summed E-state index contributed by atoms with van der Waals surface area (Å²) in [5.41, 5.74) is 2.74. The Labute approximate surface area is 194 Å². The van der Waals surface area contributed by atoms with Gasteiger partial charge in [-0.3, -0.25) is 0 Å². The molecule has 0 fully saturated rings. The van der Waals surface area contributed by atoms with E-state index in [9.17, 15) is 9.18 Å². The largest absolute Gasteiger partial charge is 0.464 e. The van der Waals surface area contributed by atoms with Gasteiger partial charge in [-0.1, -0.05) is 36.9 Å². The van der Waals surface area contributed by atoms with E-state index in [1.807, 2.05) is 16.8 Å². The minimum Gasteiger partial charge on any atom is -0.464 e. The smallest absolute Gasteiger partial charge is 0.356 e. The number of rotatable bonds is 11. The van der Waals surface area contributed by atoms with Crippen molar-refractivity contribution in [1.29, 1.82) is 0 Å². The minimum absolute atomic E-state index is 0.0847. The van der Waals surface area contributed by atoms with Gasteiger partial charge < -0.3 is 18.9 Å². The first-order valence-electron chi connectivity index (χ1n) is 10.8. The zero-order valence-corrected chi connectivity index (χ0v) is 20.5. The number of pyridine rings is 1. The first-order chi connectivity index (χ1) is 15.8. The highest BCUT2D eigenvalue weighted by molar-refractivity contribution is 6.76. The zero-order valence-electron chi connectivity index (χ0n) is 19.5. The lowest BCUT2D eigenvalue weighted by Gasteiger charge is -2.14. The van der Waals surface area contributed by atoms with Crippen molar-refractivity contribution in [1.82, 2.24) is 9.55 Å². The Morgan fingerprint density at radius 1 is 1.21 bits per heavy atom. The molecule has 9 heteroatoms. The van der Waals surface area contributed by atoms with Gasteiger partial charge in [0.1, 0.15) is 5.82 Å². The number of halogens is 1. The van der Waals surface area contributed by atoms with Crippen LogP contribution in [0.3, 0.4) is 0 Å². The van der Waals surface area contributed by atoms with Crippen molar-refractivity contribution in [2.75, 3.05) is 20.5 Å². The number of aromatic nitrogens is 2. The number of hydrogen-bond donors (Lipinski definition) is 0. The molecule has 2 heterocycles. The van der Waals surface area contributed by atoms with Crippen LogP contribution in [0.5, 0.6) is 0 Å². The molecule has 176 valence electrons. The average molecular weight is 472 g/mol. The van der Waals surface area contributed by atoms with E-state index in [0.29, 0.717) is 25.1 Å². The van der Waals surface area contributed by atoms with E-state index >= 15 is 0 Å². The van der Waals surface area contributed by atoms with E-state index in [2.05, 4.69) is 29.8 Å².